The normalized spacial score (nSPS) is 15.2. The first-order valence-electron chi connectivity index (χ1n) is 6.94. The Balaban J connectivity index is 1.84. The molecule has 1 aliphatic rings. The molecule has 1 saturated heterocycles. The molecule has 2 N–H and O–H groups in total. The van der Waals surface area contributed by atoms with E-state index in [9.17, 15) is 17.6 Å². The molecule has 6 nitrogen and oxygen atoms in total. The molecule has 9 heteroatoms. The van der Waals surface area contributed by atoms with E-state index in [2.05, 4.69) is 0 Å². The minimum Gasteiger partial charge on any atom is -0.292 e. The molecule has 0 atom stereocenters. The van der Waals surface area contributed by atoms with E-state index in [1.807, 2.05) is 0 Å². The van der Waals surface area contributed by atoms with Crippen LogP contribution in [0.2, 0.25) is 5.02 Å². The van der Waals surface area contributed by atoms with E-state index in [-0.39, 0.29) is 15.9 Å². The number of rotatable bonds is 3. The molecule has 1 aliphatic heterocycles. The Kier molecular flexibility index (Phi) is 4.20. The highest BCUT2D eigenvalue weighted by Gasteiger charge is 2.31. The lowest BCUT2D eigenvalue weighted by Gasteiger charge is -2.19. The Labute approximate surface area is 143 Å². The SMILES string of the molecule is NS(=O)(=O)c1ccc(N2CCN(c3ccc(Cl)c(F)c3)C2=O)cc1. The molecule has 1 fully saturated rings. The van der Waals surface area contributed by atoms with Gasteiger partial charge in [-0.2, -0.15) is 0 Å². The summed E-state index contributed by atoms with van der Waals surface area (Å²) in [6.07, 6.45) is 0. The van der Waals surface area contributed by atoms with Crippen LogP contribution in [0.1, 0.15) is 0 Å². The quantitative estimate of drug-likeness (QED) is 0.902. The van der Waals surface area contributed by atoms with Crippen molar-refractivity contribution < 1.29 is 17.6 Å². The van der Waals surface area contributed by atoms with E-state index in [4.69, 9.17) is 16.7 Å². The van der Waals surface area contributed by atoms with Gasteiger partial charge < -0.3 is 0 Å². The topological polar surface area (TPSA) is 83.7 Å². The van der Waals surface area contributed by atoms with Crippen LogP contribution in [0.5, 0.6) is 0 Å². The van der Waals surface area contributed by atoms with Gasteiger partial charge in [-0.05, 0) is 42.5 Å². The zero-order chi connectivity index (χ0) is 17.5. The van der Waals surface area contributed by atoms with Crippen molar-refractivity contribution in [1.29, 1.82) is 0 Å². The molecule has 0 saturated carbocycles. The molecule has 0 spiro atoms. The molecule has 2 aromatic carbocycles. The van der Waals surface area contributed by atoms with Crippen molar-refractivity contribution >= 4 is 39.0 Å². The Morgan fingerprint density at radius 3 is 2.08 bits per heavy atom. The van der Waals surface area contributed by atoms with Gasteiger partial charge in [-0.1, -0.05) is 11.6 Å². The van der Waals surface area contributed by atoms with Crippen molar-refractivity contribution in [3.8, 4) is 0 Å². The van der Waals surface area contributed by atoms with Gasteiger partial charge in [-0.25, -0.2) is 22.7 Å². The van der Waals surface area contributed by atoms with Gasteiger partial charge in [0, 0.05) is 24.5 Å². The lowest BCUT2D eigenvalue weighted by atomic mass is 10.3. The summed E-state index contributed by atoms with van der Waals surface area (Å²) in [5.74, 6) is -0.599. The number of halogens is 2. The van der Waals surface area contributed by atoms with E-state index in [1.165, 1.54) is 46.2 Å². The number of nitrogens with zero attached hydrogens (tertiary/aromatic N) is 2. The number of amides is 2. The summed E-state index contributed by atoms with van der Waals surface area (Å²) >= 11 is 5.65. The van der Waals surface area contributed by atoms with Gasteiger partial charge in [-0.3, -0.25) is 9.80 Å². The summed E-state index contributed by atoms with van der Waals surface area (Å²) in [4.78, 5) is 15.4. The first kappa shape index (κ1) is 16.7. The average molecular weight is 370 g/mol. The number of anilines is 2. The predicted octanol–water partition coefficient (Wildman–Crippen LogP) is 2.57. The molecule has 0 aliphatic carbocycles. The van der Waals surface area contributed by atoms with Crippen LogP contribution in [0.4, 0.5) is 20.6 Å². The summed E-state index contributed by atoms with van der Waals surface area (Å²) in [5.41, 5.74) is 0.940. The fraction of sp³-hybridized carbons (Fsp3) is 0.133. The Hall–Kier alpha value is -2.16. The number of primary sulfonamides is 1. The summed E-state index contributed by atoms with van der Waals surface area (Å²) in [6.45, 7) is 0.759. The first-order valence-corrected chi connectivity index (χ1v) is 8.87. The molecule has 1 heterocycles. The van der Waals surface area contributed by atoms with Gasteiger partial charge in [0.2, 0.25) is 10.0 Å². The fourth-order valence-corrected chi connectivity index (χ4v) is 3.12. The van der Waals surface area contributed by atoms with E-state index in [0.717, 1.165) is 0 Å². The van der Waals surface area contributed by atoms with Crippen molar-refractivity contribution in [2.75, 3.05) is 22.9 Å². The molecule has 0 radical (unpaired) electrons. The molecule has 126 valence electrons. The van der Waals surface area contributed by atoms with Crippen LogP contribution in [-0.4, -0.2) is 27.5 Å². The largest absolute Gasteiger partial charge is 0.329 e. The molecule has 0 bridgehead atoms. The molecule has 2 amide bonds. The Morgan fingerprint density at radius 1 is 1.00 bits per heavy atom. The molecular weight excluding hydrogens is 357 g/mol. The zero-order valence-corrected chi connectivity index (χ0v) is 13.9. The number of carbonyl (C=O) groups is 1. The van der Waals surface area contributed by atoms with Crippen molar-refractivity contribution in [1.82, 2.24) is 0 Å². The van der Waals surface area contributed by atoms with Gasteiger partial charge in [-0.15, -0.1) is 0 Å². The number of carbonyl (C=O) groups excluding carboxylic acids is 1. The van der Waals surface area contributed by atoms with Gasteiger partial charge in [0.05, 0.1) is 9.92 Å². The second-order valence-electron chi connectivity index (χ2n) is 5.22. The minimum atomic E-state index is -3.79. The summed E-state index contributed by atoms with van der Waals surface area (Å²) in [5, 5.41) is 5.04. The number of nitrogens with two attached hydrogens (primary N) is 1. The number of urea groups is 1. The molecule has 2 aromatic rings. The van der Waals surface area contributed by atoms with Crippen LogP contribution in [-0.2, 0) is 10.0 Å². The first-order chi connectivity index (χ1) is 11.3. The highest BCUT2D eigenvalue weighted by molar-refractivity contribution is 7.89. The second kappa shape index (κ2) is 6.04. The van der Waals surface area contributed by atoms with Crippen LogP contribution in [0.15, 0.2) is 47.4 Å². The van der Waals surface area contributed by atoms with Crippen LogP contribution >= 0.6 is 11.6 Å². The second-order valence-corrected chi connectivity index (χ2v) is 7.19. The number of sulfonamides is 1. The van der Waals surface area contributed by atoms with Gasteiger partial charge >= 0.3 is 6.03 Å². The fourth-order valence-electron chi connectivity index (χ4n) is 2.48. The lowest BCUT2D eigenvalue weighted by molar-refractivity contribution is 0.256. The summed E-state index contributed by atoms with van der Waals surface area (Å²) < 4.78 is 36.1. The number of benzene rings is 2. The standard InChI is InChI=1S/C15H13ClFN3O3S/c16-13-6-3-11(9-14(13)17)20-8-7-19(15(20)21)10-1-4-12(5-2-10)24(18,22)23/h1-6,9H,7-8H2,(H2,18,22,23). The monoisotopic (exact) mass is 369 g/mol. The van der Waals surface area contributed by atoms with Crippen LogP contribution in [0, 0.1) is 5.82 Å². The third-order valence-corrected chi connectivity index (χ3v) is 4.94. The molecule has 24 heavy (non-hydrogen) atoms. The van der Waals surface area contributed by atoms with E-state index < -0.39 is 15.8 Å². The van der Waals surface area contributed by atoms with Crippen molar-refractivity contribution in [3.63, 3.8) is 0 Å². The smallest absolute Gasteiger partial charge is 0.292 e. The Bertz CT molecular complexity index is 903. The van der Waals surface area contributed by atoms with Crippen LogP contribution in [0.25, 0.3) is 0 Å². The van der Waals surface area contributed by atoms with E-state index in [0.29, 0.717) is 24.5 Å². The number of hydrogen-bond acceptors (Lipinski definition) is 3. The van der Waals surface area contributed by atoms with E-state index in [1.54, 1.807) is 6.07 Å². The predicted molar refractivity (Wildman–Crippen MR) is 89.3 cm³/mol. The summed E-state index contributed by atoms with van der Waals surface area (Å²) in [7, 11) is -3.79. The molecular formula is C15H13ClFN3O3S. The van der Waals surface area contributed by atoms with Crippen LogP contribution < -0.4 is 14.9 Å². The number of hydrogen-bond donors (Lipinski definition) is 1. The molecule has 0 unspecified atom stereocenters. The Morgan fingerprint density at radius 2 is 1.54 bits per heavy atom. The lowest BCUT2D eigenvalue weighted by Crippen LogP contribution is -2.31. The van der Waals surface area contributed by atoms with Crippen molar-refractivity contribution in [3.05, 3.63) is 53.3 Å². The third kappa shape index (κ3) is 3.08. The van der Waals surface area contributed by atoms with Crippen molar-refractivity contribution in [2.24, 2.45) is 5.14 Å². The van der Waals surface area contributed by atoms with E-state index >= 15 is 0 Å². The average Bonchev–Trinajstić information content (AvgIpc) is 2.91. The van der Waals surface area contributed by atoms with Crippen LogP contribution in [0.3, 0.4) is 0 Å². The van der Waals surface area contributed by atoms with Gasteiger partial charge in [0.25, 0.3) is 0 Å². The molecule has 3 rings (SSSR count). The zero-order valence-electron chi connectivity index (χ0n) is 12.3. The highest BCUT2D eigenvalue weighted by Crippen LogP contribution is 2.28. The highest BCUT2D eigenvalue weighted by atomic mass is 35.5. The summed E-state index contributed by atoms with van der Waals surface area (Å²) in [6, 6.07) is 9.51. The maximum atomic E-state index is 13.6. The molecule has 0 aromatic heterocycles. The third-order valence-electron chi connectivity index (χ3n) is 3.70. The maximum Gasteiger partial charge on any atom is 0.329 e. The maximum absolute atomic E-state index is 13.6. The minimum absolute atomic E-state index is 0.0131. The van der Waals surface area contributed by atoms with Gasteiger partial charge in [0.15, 0.2) is 0 Å². The van der Waals surface area contributed by atoms with Crippen molar-refractivity contribution in [2.45, 2.75) is 4.90 Å². The van der Waals surface area contributed by atoms with Gasteiger partial charge in [0.1, 0.15) is 5.82 Å².